The minimum Gasteiger partial charge on any atom is -0.481 e. The van der Waals surface area contributed by atoms with E-state index in [1.807, 2.05) is 0 Å². The van der Waals surface area contributed by atoms with Gasteiger partial charge in [0.05, 0.1) is 11.6 Å². The highest BCUT2D eigenvalue weighted by Gasteiger charge is 2.37. The number of carbonyl (C=O) groups is 2. The largest absolute Gasteiger partial charge is 0.481 e. The van der Waals surface area contributed by atoms with Crippen molar-refractivity contribution in [2.24, 2.45) is 5.41 Å². The predicted octanol–water partition coefficient (Wildman–Crippen LogP) is 1.65. The third-order valence-corrected chi connectivity index (χ3v) is 3.70. The summed E-state index contributed by atoms with van der Waals surface area (Å²) in [6.07, 6.45) is 4.29. The number of nitrogens with zero attached hydrogens (tertiary/aromatic N) is 2. The number of aliphatic carboxylic acids is 1. The average Bonchev–Trinajstić information content (AvgIpc) is 2.88. The van der Waals surface area contributed by atoms with Gasteiger partial charge in [-0.2, -0.15) is 5.10 Å². The smallest absolute Gasteiger partial charge is 0.310 e. The van der Waals surface area contributed by atoms with Crippen LogP contribution in [-0.4, -0.2) is 39.1 Å². The Hall–Kier alpha value is -1.85. The maximum atomic E-state index is 12.1. The third kappa shape index (κ3) is 3.56. The lowest BCUT2D eigenvalue weighted by molar-refractivity contribution is -0.154. The van der Waals surface area contributed by atoms with Crippen LogP contribution in [0, 0.1) is 5.41 Å². The Morgan fingerprint density at radius 2 is 2.05 bits per heavy atom. The summed E-state index contributed by atoms with van der Waals surface area (Å²) >= 11 is 0. The molecule has 0 atom stereocenters. The summed E-state index contributed by atoms with van der Waals surface area (Å²) in [4.78, 5) is 25.0. The van der Waals surface area contributed by atoms with E-state index in [-0.39, 0.29) is 12.3 Å². The second-order valence-corrected chi connectivity index (χ2v) is 4.83. The number of carboxylic acid groups (broad SMARTS) is 1. The monoisotopic (exact) mass is 267 g/mol. The van der Waals surface area contributed by atoms with Crippen molar-refractivity contribution in [2.75, 3.05) is 7.05 Å². The molecule has 0 spiro atoms. The normalized spacial score (nSPS) is 11.3. The van der Waals surface area contributed by atoms with Gasteiger partial charge in [0.1, 0.15) is 0 Å². The summed E-state index contributed by atoms with van der Waals surface area (Å²) in [7, 11) is 1.67. The average molecular weight is 267 g/mol. The van der Waals surface area contributed by atoms with Crippen molar-refractivity contribution in [1.82, 2.24) is 15.1 Å². The Morgan fingerprint density at radius 1 is 1.42 bits per heavy atom. The maximum Gasteiger partial charge on any atom is 0.310 e. The Bertz CT molecular complexity index is 424. The van der Waals surface area contributed by atoms with Crippen molar-refractivity contribution < 1.29 is 14.7 Å². The number of amides is 1. The Kier molecular flexibility index (Phi) is 5.09. The Morgan fingerprint density at radius 3 is 2.47 bits per heavy atom. The summed E-state index contributed by atoms with van der Waals surface area (Å²) in [6, 6.07) is 0. The van der Waals surface area contributed by atoms with Crippen LogP contribution < -0.4 is 0 Å². The van der Waals surface area contributed by atoms with Gasteiger partial charge in [-0.05, 0) is 12.8 Å². The summed E-state index contributed by atoms with van der Waals surface area (Å²) in [6.45, 7) is 4.04. The quantitative estimate of drug-likeness (QED) is 0.786. The molecule has 6 nitrogen and oxygen atoms in total. The second kappa shape index (κ2) is 6.36. The van der Waals surface area contributed by atoms with Gasteiger partial charge in [0.15, 0.2) is 0 Å². The molecule has 1 rings (SSSR count). The van der Waals surface area contributed by atoms with Gasteiger partial charge in [-0.3, -0.25) is 14.7 Å². The van der Waals surface area contributed by atoms with Gasteiger partial charge in [0.25, 0.3) is 0 Å². The van der Waals surface area contributed by atoms with Crippen LogP contribution in [0.3, 0.4) is 0 Å². The molecule has 0 saturated carbocycles. The fraction of sp³-hybridized carbons (Fsp3) is 0.615. The molecule has 1 amide bonds. The lowest BCUT2D eigenvalue weighted by Gasteiger charge is -2.28. The molecule has 0 radical (unpaired) electrons. The zero-order valence-corrected chi connectivity index (χ0v) is 11.6. The molecular weight excluding hydrogens is 246 g/mol. The first-order valence-electron chi connectivity index (χ1n) is 6.40. The van der Waals surface area contributed by atoms with Crippen molar-refractivity contribution in [2.45, 2.75) is 39.7 Å². The molecule has 0 aliphatic heterocycles. The van der Waals surface area contributed by atoms with Gasteiger partial charge in [0, 0.05) is 31.8 Å². The molecule has 0 aromatic carbocycles. The highest BCUT2D eigenvalue weighted by Crippen LogP contribution is 2.31. The molecule has 0 bridgehead atoms. The standard InChI is InChI=1S/C13H21N3O3/c1-4-13(5-2,12(18)19)6-11(17)16(3)9-10-7-14-15-8-10/h7-8H,4-6,9H2,1-3H3,(H,14,15)(H,18,19). The highest BCUT2D eigenvalue weighted by atomic mass is 16.4. The fourth-order valence-electron chi connectivity index (χ4n) is 2.03. The van der Waals surface area contributed by atoms with E-state index in [4.69, 9.17) is 0 Å². The van der Waals surface area contributed by atoms with Crippen molar-refractivity contribution in [3.05, 3.63) is 18.0 Å². The van der Waals surface area contributed by atoms with Crippen LogP contribution in [0.4, 0.5) is 0 Å². The summed E-state index contributed by atoms with van der Waals surface area (Å²) in [5.41, 5.74) is -0.0633. The van der Waals surface area contributed by atoms with E-state index in [9.17, 15) is 14.7 Å². The van der Waals surface area contributed by atoms with Gasteiger partial charge in [-0.1, -0.05) is 13.8 Å². The third-order valence-electron chi connectivity index (χ3n) is 3.70. The van der Waals surface area contributed by atoms with Crippen LogP contribution in [0.2, 0.25) is 0 Å². The lowest BCUT2D eigenvalue weighted by atomic mass is 9.79. The van der Waals surface area contributed by atoms with Gasteiger partial charge < -0.3 is 10.0 Å². The van der Waals surface area contributed by atoms with E-state index < -0.39 is 11.4 Å². The number of hydrogen-bond donors (Lipinski definition) is 2. The minimum atomic E-state index is -0.957. The molecular formula is C13H21N3O3. The molecule has 1 aromatic heterocycles. The van der Waals surface area contributed by atoms with Crippen LogP contribution >= 0.6 is 0 Å². The topological polar surface area (TPSA) is 86.3 Å². The maximum absolute atomic E-state index is 12.1. The van der Waals surface area contributed by atoms with Gasteiger partial charge in [-0.25, -0.2) is 0 Å². The van der Waals surface area contributed by atoms with E-state index in [0.717, 1.165) is 5.56 Å². The van der Waals surface area contributed by atoms with E-state index in [2.05, 4.69) is 10.2 Å². The summed E-state index contributed by atoms with van der Waals surface area (Å²) < 4.78 is 0. The highest BCUT2D eigenvalue weighted by molar-refractivity contribution is 5.84. The van der Waals surface area contributed by atoms with Crippen molar-refractivity contribution in [3.8, 4) is 0 Å². The first kappa shape index (κ1) is 15.2. The van der Waals surface area contributed by atoms with E-state index in [1.54, 1.807) is 33.3 Å². The number of aromatic nitrogens is 2. The van der Waals surface area contributed by atoms with Crippen LogP contribution in [-0.2, 0) is 16.1 Å². The number of rotatable bonds is 7. The van der Waals surface area contributed by atoms with Crippen LogP contribution in [0.1, 0.15) is 38.7 Å². The van der Waals surface area contributed by atoms with E-state index in [1.165, 1.54) is 4.90 Å². The summed E-state index contributed by atoms with van der Waals surface area (Å²) in [5, 5.41) is 15.8. The predicted molar refractivity (Wildman–Crippen MR) is 70.3 cm³/mol. The van der Waals surface area contributed by atoms with Gasteiger partial charge in [-0.15, -0.1) is 0 Å². The summed E-state index contributed by atoms with van der Waals surface area (Å²) in [5.74, 6) is -1.06. The number of H-pyrrole nitrogens is 1. The lowest BCUT2D eigenvalue weighted by Crippen LogP contribution is -2.37. The zero-order valence-electron chi connectivity index (χ0n) is 11.6. The van der Waals surface area contributed by atoms with Crippen molar-refractivity contribution in [3.63, 3.8) is 0 Å². The number of aromatic amines is 1. The number of carbonyl (C=O) groups excluding carboxylic acids is 1. The van der Waals surface area contributed by atoms with Crippen molar-refractivity contribution in [1.29, 1.82) is 0 Å². The Labute approximate surface area is 112 Å². The molecule has 106 valence electrons. The number of hydrogen-bond acceptors (Lipinski definition) is 3. The molecule has 1 aromatic rings. The minimum absolute atomic E-state index is 0.0314. The molecule has 0 aliphatic rings. The van der Waals surface area contributed by atoms with Crippen LogP contribution in [0.25, 0.3) is 0 Å². The Balaban J connectivity index is 2.69. The van der Waals surface area contributed by atoms with Crippen molar-refractivity contribution >= 4 is 11.9 Å². The second-order valence-electron chi connectivity index (χ2n) is 4.83. The molecule has 1 heterocycles. The molecule has 2 N–H and O–H groups in total. The number of carboxylic acids is 1. The van der Waals surface area contributed by atoms with E-state index >= 15 is 0 Å². The molecule has 0 aliphatic carbocycles. The van der Waals surface area contributed by atoms with Gasteiger partial charge >= 0.3 is 5.97 Å². The van der Waals surface area contributed by atoms with Gasteiger partial charge in [0.2, 0.25) is 5.91 Å². The molecule has 6 heteroatoms. The van der Waals surface area contributed by atoms with E-state index in [0.29, 0.717) is 19.4 Å². The fourth-order valence-corrected chi connectivity index (χ4v) is 2.03. The molecule has 19 heavy (non-hydrogen) atoms. The van der Waals surface area contributed by atoms with Crippen LogP contribution in [0.15, 0.2) is 12.4 Å². The first-order chi connectivity index (χ1) is 8.95. The zero-order chi connectivity index (χ0) is 14.5. The SMILES string of the molecule is CCC(CC)(CC(=O)N(C)Cc1cn[nH]c1)C(=O)O. The number of nitrogens with one attached hydrogen (secondary N) is 1. The van der Waals surface area contributed by atoms with Crippen LogP contribution in [0.5, 0.6) is 0 Å². The molecule has 0 unspecified atom stereocenters. The molecule has 0 saturated heterocycles. The molecule has 0 fully saturated rings. The first-order valence-corrected chi connectivity index (χ1v) is 6.40.